The molecule has 0 fully saturated rings. The van der Waals surface area contributed by atoms with E-state index in [-0.39, 0.29) is 11.8 Å². The number of hydrogen-bond donors (Lipinski definition) is 1. The zero-order chi connectivity index (χ0) is 19.7. The fourth-order valence-electron chi connectivity index (χ4n) is 3.38. The number of anilines is 1. The summed E-state index contributed by atoms with van der Waals surface area (Å²) in [6.07, 6.45) is 1.48. The summed E-state index contributed by atoms with van der Waals surface area (Å²) >= 11 is 6.18. The number of ketones is 1. The van der Waals surface area contributed by atoms with Crippen LogP contribution in [-0.4, -0.2) is 20.5 Å². The number of nitrogens with one attached hydrogen (secondary N) is 1. The van der Waals surface area contributed by atoms with Gasteiger partial charge in [-0.25, -0.2) is 4.68 Å². The first-order chi connectivity index (χ1) is 13.5. The number of fused-ring (bicyclic) bond motifs is 1. The first-order valence-corrected chi connectivity index (χ1v) is 9.27. The van der Waals surface area contributed by atoms with Gasteiger partial charge in [-0.2, -0.15) is 10.1 Å². The van der Waals surface area contributed by atoms with E-state index in [1.807, 2.05) is 55.5 Å². The molecule has 2 aromatic carbocycles. The smallest absolute Gasteiger partial charge is 0.226 e. The lowest BCUT2D eigenvalue weighted by atomic mass is 9.93. The van der Waals surface area contributed by atoms with Gasteiger partial charge in [0.15, 0.2) is 5.78 Å². The highest BCUT2D eigenvalue weighted by atomic mass is 35.5. The summed E-state index contributed by atoms with van der Waals surface area (Å²) in [7, 11) is 0. The Morgan fingerprint density at radius 1 is 1.21 bits per heavy atom. The van der Waals surface area contributed by atoms with Crippen molar-refractivity contribution in [2.75, 3.05) is 5.32 Å². The van der Waals surface area contributed by atoms with Crippen LogP contribution in [0.3, 0.4) is 0 Å². The first-order valence-electron chi connectivity index (χ1n) is 8.89. The Labute approximate surface area is 167 Å². The van der Waals surface area contributed by atoms with Crippen LogP contribution in [0.2, 0.25) is 5.02 Å². The van der Waals surface area contributed by atoms with Crippen LogP contribution in [0.25, 0.3) is 0 Å². The molecule has 142 valence electrons. The molecule has 2 heterocycles. The minimum absolute atomic E-state index is 0.00445. The molecule has 1 aromatic heterocycles. The Morgan fingerprint density at radius 3 is 2.68 bits per heavy atom. The Morgan fingerprint density at radius 2 is 1.96 bits per heavy atom. The standard InChI is InChI=1S/C21H19ClN4O2/c1-13-19(14(2)27)20(26-21(25-13)23-12-24-26)15-7-9-17(10-8-15)28-11-16-5-3-4-6-18(16)22/h3-10,12,20H,11H2,1-2H3,(H,23,24,25). The molecular formula is C21H19ClN4O2. The molecule has 0 saturated carbocycles. The molecule has 1 unspecified atom stereocenters. The number of Topliss-reactive ketones (excluding diaryl/α,β-unsaturated/α-hetero) is 1. The maximum absolute atomic E-state index is 12.3. The zero-order valence-corrected chi connectivity index (χ0v) is 16.3. The van der Waals surface area contributed by atoms with Gasteiger partial charge in [0.2, 0.25) is 5.95 Å². The molecule has 28 heavy (non-hydrogen) atoms. The van der Waals surface area contributed by atoms with E-state index in [0.29, 0.717) is 23.2 Å². The van der Waals surface area contributed by atoms with Crippen molar-refractivity contribution in [2.45, 2.75) is 26.5 Å². The summed E-state index contributed by atoms with van der Waals surface area (Å²) in [5.41, 5.74) is 3.32. The molecular weight excluding hydrogens is 376 g/mol. The lowest BCUT2D eigenvalue weighted by Gasteiger charge is -2.28. The van der Waals surface area contributed by atoms with E-state index in [4.69, 9.17) is 16.3 Å². The van der Waals surface area contributed by atoms with Crippen molar-refractivity contribution in [3.05, 3.63) is 82.3 Å². The number of benzene rings is 2. The van der Waals surface area contributed by atoms with Crippen molar-refractivity contribution in [1.82, 2.24) is 14.8 Å². The quantitative estimate of drug-likeness (QED) is 0.695. The highest BCUT2D eigenvalue weighted by Gasteiger charge is 2.31. The molecule has 0 bridgehead atoms. The minimum atomic E-state index is -0.325. The lowest BCUT2D eigenvalue weighted by molar-refractivity contribution is -0.114. The molecule has 0 spiro atoms. The number of aromatic nitrogens is 3. The Bertz CT molecular complexity index is 1060. The minimum Gasteiger partial charge on any atom is -0.489 e. The predicted octanol–water partition coefficient (Wildman–Crippen LogP) is 4.39. The number of carbonyl (C=O) groups is 1. The van der Waals surface area contributed by atoms with Crippen LogP contribution >= 0.6 is 11.6 Å². The van der Waals surface area contributed by atoms with Gasteiger partial charge in [0, 0.05) is 21.9 Å². The van der Waals surface area contributed by atoms with E-state index in [0.717, 1.165) is 22.6 Å². The van der Waals surface area contributed by atoms with Crippen molar-refractivity contribution >= 4 is 23.3 Å². The summed E-state index contributed by atoms with van der Waals surface area (Å²) < 4.78 is 7.58. The monoisotopic (exact) mass is 394 g/mol. The number of hydrogen-bond acceptors (Lipinski definition) is 5. The molecule has 0 saturated heterocycles. The second-order valence-corrected chi connectivity index (χ2v) is 7.01. The maximum Gasteiger partial charge on any atom is 0.226 e. The van der Waals surface area contributed by atoms with Crippen molar-refractivity contribution in [1.29, 1.82) is 0 Å². The number of carbonyl (C=O) groups excluding carboxylic acids is 1. The largest absolute Gasteiger partial charge is 0.489 e. The van der Waals surface area contributed by atoms with Crippen LogP contribution in [0.5, 0.6) is 5.75 Å². The SMILES string of the molecule is CC(=O)C1=C(C)Nc2ncnn2C1c1ccc(OCc2ccccc2Cl)cc1. The van der Waals surface area contributed by atoms with Crippen LogP contribution in [0.1, 0.15) is 31.0 Å². The first kappa shape index (κ1) is 18.3. The third kappa shape index (κ3) is 3.39. The topological polar surface area (TPSA) is 69.0 Å². The molecule has 0 radical (unpaired) electrons. The van der Waals surface area contributed by atoms with E-state index in [2.05, 4.69) is 15.4 Å². The van der Waals surface area contributed by atoms with Crippen LogP contribution in [0, 0.1) is 0 Å². The number of ether oxygens (including phenoxy) is 1. The van der Waals surface area contributed by atoms with E-state index >= 15 is 0 Å². The fourth-order valence-corrected chi connectivity index (χ4v) is 3.57. The Hall–Kier alpha value is -3.12. The fraction of sp³-hybridized carbons (Fsp3) is 0.190. The highest BCUT2D eigenvalue weighted by Crippen LogP contribution is 2.35. The second kappa shape index (κ2) is 7.48. The zero-order valence-electron chi connectivity index (χ0n) is 15.5. The van der Waals surface area contributed by atoms with Gasteiger partial charge >= 0.3 is 0 Å². The van der Waals surface area contributed by atoms with Crippen LogP contribution < -0.4 is 10.1 Å². The number of allylic oxidation sites excluding steroid dienone is 2. The molecule has 7 heteroatoms. The Kier molecular flexibility index (Phi) is 4.88. The van der Waals surface area contributed by atoms with Gasteiger partial charge in [-0.05, 0) is 37.6 Å². The van der Waals surface area contributed by atoms with Crippen LogP contribution in [0.15, 0.2) is 66.1 Å². The average molecular weight is 395 g/mol. The molecule has 0 aliphatic carbocycles. The molecule has 1 N–H and O–H groups in total. The lowest BCUT2D eigenvalue weighted by Crippen LogP contribution is -2.27. The maximum atomic E-state index is 12.3. The second-order valence-electron chi connectivity index (χ2n) is 6.60. The molecule has 1 atom stereocenters. The molecule has 3 aromatic rings. The third-order valence-electron chi connectivity index (χ3n) is 4.72. The van der Waals surface area contributed by atoms with E-state index in [9.17, 15) is 4.79 Å². The predicted molar refractivity (Wildman–Crippen MR) is 107 cm³/mol. The van der Waals surface area contributed by atoms with Crippen molar-refractivity contribution in [3.63, 3.8) is 0 Å². The van der Waals surface area contributed by atoms with Crippen molar-refractivity contribution < 1.29 is 9.53 Å². The molecule has 0 amide bonds. The van der Waals surface area contributed by atoms with Gasteiger partial charge in [0.25, 0.3) is 0 Å². The van der Waals surface area contributed by atoms with Crippen LogP contribution in [-0.2, 0) is 11.4 Å². The van der Waals surface area contributed by atoms with Gasteiger partial charge in [0.1, 0.15) is 24.7 Å². The van der Waals surface area contributed by atoms with E-state index in [1.54, 1.807) is 11.6 Å². The van der Waals surface area contributed by atoms with Gasteiger partial charge in [-0.1, -0.05) is 41.9 Å². The Balaban J connectivity index is 1.60. The molecule has 1 aliphatic rings. The number of nitrogens with zero attached hydrogens (tertiary/aromatic N) is 3. The van der Waals surface area contributed by atoms with Gasteiger partial charge in [-0.15, -0.1) is 0 Å². The normalized spacial score (nSPS) is 15.8. The summed E-state index contributed by atoms with van der Waals surface area (Å²) in [4.78, 5) is 16.5. The van der Waals surface area contributed by atoms with Gasteiger partial charge in [0.05, 0.1) is 0 Å². The van der Waals surface area contributed by atoms with E-state index in [1.165, 1.54) is 6.33 Å². The van der Waals surface area contributed by atoms with Crippen molar-refractivity contribution in [2.24, 2.45) is 0 Å². The summed E-state index contributed by atoms with van der Waals surface area (Å²) in [5.74, 6) is 1.34. The average Bonchev–Trinajstić information content (AvgIpc) is 3.14. The number of rotatable bonds is 5. The van der Waals surface area contributed by atoms with E-state index < -0.39 is 0 Å². The summed E-state index contributed by atoms with van der Waals surface area (Å²) in [6.45, 7) is 3.83. The molecule has 4 rings (SSSR count). The third-order valence-corrected chi connectivity index (χ3v) is 5.09. The van der Waals surface area contributed by atoms with Crippen LogP contribution in [0.4, 0.5) is 5.95 Å². The molecule has 6 nitrogen and oxygen atoms in total. The summed E-state index contributed by atoms with van der Waals surface area (Å²) in [6, 6.07) is 14.9. The number of halogens is 1. The van der Waals surface area contributed by atoms with Gasteiger partial charge < -0.3 is 10.1 Å². The van der Waals surface area contributed by atoms with Gasteiger partial charge in [-0.3, -0.25) is 4.79 Å². The summed E-state index contributed by atoms with van der Waals surface area (Å²) in [5, 5.41) is 8.12. The van der Waals surface area contributed by atoms with Crippen molar-refractivity contribution in [3.8, 4) is 5.75 Å². The highest BCUT2D eigenvalue weighted by molar-refractivity contribution is 6.31. The molecule has 1 aliphatic heterocycles.